The van der Waals surface area contributed by atoms with E-state index < -0.39 is 10.1 Å². The molecule has 2 N–H and O–H groups in total. The summed E-state index contributed by atoms with van der Waals surface area (Å²) < 4.78 is 30.6. The molecule has 0 heterocycles. The highest BCUT2D eigenvalue weighted by Gasteiger charge is 2.17. The maximum Gasteiger partial charge on any atom is 0.295 e. The molecule has 0 saturated carbocycles. The van der Waals surface area contributed by atoms with E-state index in [4.69, 9.17) is 9.66 Å². The van der Waals surface area contributed by atoms with Crippen LogP contribution in [0.3, 0.4) is 0 Å². The summed E-state index contributed by atoms with van der Waals surface area (Å²) in [5, 5.41) is 9.08. The van der Waals surface area contributed by atoms with Crippen molar-refractivity contribution in [3.05, 3.63) is 22.2 Å². The maximum absolute atomic E-state index is 10.8. The standard InChI is InChI=1S/C7H7BrO4S/c1-4-2-5(9)3-6(8)7(4)13(10,11)12/h2-3,9H,1H3,(H,10,11,12). The Bertz CT molecular complexity index is 415. The maximum atomic E-state index is 10.8. The summed E-state index contributed by atoms with van der Waals surface area (Å²) in [6, 6.07) is 2.46. The number of hydrogen-bond donors (Lipinski definition) is 2. The Morgan fingerprint density at radius 2 is 1.92 bits per heavy atom. The molecule has 0 aliphatic rings. The van der Waals surface area contributed by atoms with Crippen LogP contribution in [0.5, 0.6) is 5.75 Å². The van der Waals surface area contributed by atoms with Gasteiger partial charge in [0.1, 0.15) is 10.6 Å². The van der Waals surface area contributed by atoms with Crippen molar-refractivity contribution in [2.45, 2.75) is 11.8 Å². The molecule has 6 heteroatoms. The Kier molecular flexibility index (Phi) is 2.65. The second-order valence-corrected chi connectivity index (χ2v) is 4.76. The van der Waals surface area contributed by atoms with Gasteiger partial charge in [-0.15, -0.1) is 0 Å². The molecule has 0 bridgehead atoms. The van der Waals surface area contributed by atoms with Crippen LogP contribution >= 0.6 is 15.9 Å². The number of aryl methyl sites for hydroxylation is 1. The zero-order valence-corrected chi connectivity index (χ0v) is 9.05. The van der Waals surface area contributed by atoms with E-state index in [1.54, 1.807) is 0 Å². The number of benzene rings is 1. The molecule has 0 fully saturated rings. The van der Waals surface area contributed by atoms with Crippen molar-refractivity contribution in [3.63, 3.8) is 0 Å². The van der Waals surface area contributed by atoms with E-state index >= 15 is 0 Å². The van der Waals surface area contributed by atoms with Gasteiger partial charge in [0, 0.05) is 4.47 Å². The van der Waals surface area contributed by atoms with Crippen molar-refractivity contribution >= 4 is 26.0 Å². The molecule has 1 rings (SSSR count). The minimum Gasteiger partial charge on any atom is -0.508 e. The average Bonchev–Trinajstić information content (AvgIpc) is 1.78. The SMILES string of the molecule is Cc1cc(O)cc(Br)c1S(=O)(=O)O. The van der Waals surface area contributed by atoms with Gasteiger partial charge in [-0.3, -0.25) is 4.55 Å². The van der Waals surface area contributed by atoms with Crippen LogP contribution < -0.4 is 0 Å². The van der Waals surface area contributed by atoms with Crippen molar-refractivity contribution in [2.75, 3.05) is 0 Å². The normalized spacial score (nSPS) is 11.6. The third kappa shape index (κ3) is 2.20. The first-order chi connectivity index (χ1) is 5.82. The summed E-state index contributed by atoms with van der Waals surface area (Å²) in [6.45, 7) is 1.48. The van der Waals surface area contributed by atoms with Crippen LogP contribution in [-0.4, -0.2) is 18.1 Å². The highest BCUT2D eigenvalue weighted by Crippen LogP contribution is 2.29. The number of hydrogen-bond acceptors (Lipinski definition) is 3. The summed E-state index contributed by atoms with van der Waals surface area (Å²) in [6.07, 6.45) is 0. The predicted octanol–water partition coefficient (Wildman–Crippen LogP) is 1.71. The first-order valence-corrected chi connectivity index (χ1v) is 5.52. The molecule has 0 amide bonds. The lowest BCUT2D eigenvalue weighted by atomic mass is 10.2. The van der Waals surface area contributed by atoms with Crippen LogP contribution in [0.1, 0.15) is 5.56 Å². The fourth-order valence-electron chi connectivity index (χ4n) is 1.04. The van der Waals surface area contributed by atoms with Crippen molar-refractivity contribution in [2.24, 2.45) is 0 Å². The number of aromatic hydroxyl groups is 1. The molecule has 4 nitrogen and oxygen atoms in total. The third-order valence-electron chi connectivity index (χ3n) is 1.47. The van der Waals surface area contributed by atoms with Crippen molar-refractivity contribution in [3.8, 4) is 5.75 Å². The van der Waals surface area contributed by atoms with E-state index in [0.717, 1.165) is 0 Å². The fraction of sp³-hybridized carbons (Fsp3) is 0.143. The summed E-state index contributed by atoms with van der Waals surface area (Å²) in [5.74, 6) is -0.0585. The van der Waals surface area contributed by atoms with E-state index in [-0.39, 0.29) is 20.7 Å². The smallest absolute Gasteiger partial charge is 0.295 e. The Balaban J connectivity index is 3.57. The van der Waals surface area contributed by atoms with Crippen LogP contribution in [0.2, 0.25) is 0 Å². The first kappa shape index (κ1) is 10.5. The van der Waals surface area contributed by atoms with Gasteiger partial charge in [0.2, 0.25) is 0 Å². The topological polar surface area (TPSA) is 74.6 Å². The van der Waals surface area contributed by atoms with Crippen LogP contribution in [-0.2, 0) is 10.1 Å². The minimum atomic E-state index is -4.24. The van der Waals surface area contributed by atoms with Gasteiger partial charge >= 0.3 is 0 Å². The molecule has 0 spiro atoms. The lowest BCUT2D eigenvalue weighted by Crippen LogP contribution is -2.01. The molecular weight excluding hydrogens is 260 g/mol. The van der Waals surface area contributed by atoms with E-state index in [1.807, 2.05) is 0 Å². The molecule has 0 radical (unpaired) electrons. The first-order valence-electron chi connectivity index (χ1n) is 3.29. The lowest BCUT2D eigenvalue weighted by molar-refractivity contribution is 0.471. The molecule has 0 aromatic heterocycles. The molecule has 0 atom stereocenters. The predicted molar refractivity (Wildman–Crippen MR) is 50.4 cm³/mol. The van der Waals surface area contributed by atoms with E-state index in [0.29, 0.717) is 0 Å². The summed E-state index contributed by atoms with van der Waals surface area (Å²) in [7, 11) is -4.24. The molecule has 72 valence electrons. The van der Waals surface area contributed by atoms with Gasteiger partial charge in [-0.1, -0.05) is 0 Å². The molecule has 1 aromatic rings. The number of phenols is 1. The highest BCUT2D eigenvalue weighted by molar-refractivity contribution is 9.10. The lowest BCUT2D eigenvalue weighted by Gasteiger charge is -2.05. The zero-order valence-electron chi connectivity index (χ0n) is 6.65. The molecule has 13 heavy (non-hydrogen) atoms. The number of rotatable bonds is 1. The van der Waals surface area contributed by atoms with Gasteiger partial charge in [-0.05, 0) is 40.5 Å². The van der Waals surface area contributed by atoms with Crippen LogP contribution in [0.25, 0.3) is 0 Å². The van der Waals surface area contributed by atoms with Crippen molar-refractivity contribution < 1.29 is 18.1 Å². The molecule has 1 aromatic carbocycles. The molecule has 0 aliphatic carbocycles. The van der Waals surface area contributed by atoms with E-state index in [2.05, 4.69) is 15.9 Å². The molecular formula is C7H7BrO4S. The summed E-state index contributed by atoms with van der Waals surface area (Å²) >= 11 is 2.93. The monoisotopic (exact) mass is 266 g/mol. The summed E-state index contributed by atoms with van der Waals surface area (Å²) in [5.41, 5.74) is 0.286. The number of phenolic OH excluding ortho intramolecular Hbond substituents is 1. The number of halogens is 1. The molecule has 0 saturated heterocycles. The van der Waals surface area contributed by atoms with Gasteiger partial charge in [0.25, 0.3) is 10.1 Å². The van der Waals surface area contributed by atoms with Crippen LogP contribution in [0, 0.1) is 6.92 Å². The van der Waals surface area contributed by atoms with Crippen molar-refractivity contribution in [1.29, 1.82) is 0 Å². The van der Waals surface area contributed by atoms with E-state index in [1.165, 1.54) is 19.1 Å². The largest absolute Gasteiger partial charge is 0.508 e. The second-order valence-electron chi connectivity index (χ2n) is 2.55. The van der Waals surface area contributed by atoms with Gasteiger partial charge in [-0.25, -0.2) is 0 Å². The quantitative estimate of drug-likeness (QED) is 0.759. The van der Waals surface area contributed by atoms with Gasteiger partial charge < -0.3 is 5.11 Å². The average molecular weight is 267 g/mol. The van der Waals surface area contributed by atoms with Crippen LogP contribution in [0.4, 0.5) is 0 Å². The Morgan fingerprint density at radius 3 is 2.31 bits per heavy atom. The third-order valence-corrected chi connectivity index (χ3v) is 3.42. The van der Waals surface area contributed by atoms with Crippen molar-refractivity contribution in [1.82, 2.24) is 0 Å². The van der Waals surface area contributed by atoms with Gasteiger partial charge in [-0.2, -0.15) is 8.42 Å². The van der Waals surface area contributed by atoms with Gasteiger partial charge in [0.05, 0.1) is 0 Å². The molecule has 0 aliphatic heterocycles. The Hall–Kier alpha value is -0.590. The summed E-state index contributed by atoms with van der Waals surface area (Å²) in [4.78, 5) is -0.217. The highest BCUT2D eigenvalue weighted by atomic mass is 79.9. The van der Waals surface area contributed by atoms with E-state index in [9.17, 15) is 8.42 Å². The second kappa shape index (κ2) is 3.28. The van der Waals surface area contributed by atoms with Crippen LogP contribution in [0.15, 0.2) is 21.5 Å². The zero-order chi connectivity index (χ0) is 10.2. The minimum absolute atomic E-state index is 0.0585. The fourth-order valence-corrected chi connectivity index (χ4v) is 2.97. The van der Waals surface area contributed by atoms with Gasteiger partial charge in [0.15, 0.2) is 0 Å². The Morgan fingerprint density at radius 1 is 1.38 bits per heavy atom. The Labute approximate surface area is 84.1 Å². The molecule has 0 unspecified atom stereocenters.